The molecule has 2 aromatic carbocycles. The molecule has 0 spiro atoms. The summed E-state index contributed by atoms with van der Waals surface area (Å²) in [6.45, 7) is 9.23. The van der Waals surface area contributed by atoms with Gasteiger partial charge in [-0.2, -0.15) is 0 Å². The van der Waals surface area contributed by atoms with Crippen LogP contribution in [0, 0.1) is 0 Å². The third-order valence-corrected chi connectivity index (χ3v) is 5.30. The largest absolute Gasteiger partial charge is 0.488 e. The van der Waals surface area contributed by atoms with E-state index in [0.29, 0.717) is 18.7 Å². The molecule has 166 valence electrons. The number of hydrogen-bond donors (Lipinski definition) is 3. The number of urea groups is 1. The maximum atomic E-state index is 12.8. The molecule has 0 aromatic heterocycles. The van der Waals surface area contributed by atoms with Crippen LogP contribution in [0.1, 0.15) is 29.8 Å². The van der Waals surface area contributed by atoms with Crippen LogP contribution >= 0.6 is 0 Å². The van der Waals surface area contributed by atoms with Crippen LogP contribution in [0.5, 0.6) is 5.75 Å². The monoisotopic (exact) mass is 425 g/mol. The van der Waals surface area contributed by atoms with E-state index < -0.39 is 0 Å². The summed E-state index contributed by atoms with van der Waals surface area (Å²) in [5.41, 5.74) is 1.65. The lowest BCUT2D eigenvalue weighted by Gasteiger charge is -2.32. The lowest BCUT2D eigenvalue weighted by molar-refractivity contribution is -0.903. The van der Waals surface area contributed by atoms with Gasteiger partial charge in [0.05, 0.1) is 26.2 Å². The lowest BCUT2D eigenvalue weighted by atomic mass is 10.1. The highest BCUT2D eigenvalue weighted by molar-refractivity contribution is 5.94. The Morgan fingerprint density at radius 2 is 1.71 bits per heavy atom. The Bertz CT molecular complexity index is 832. The molecule has 31 heavy (non-hydrogen) atoms. The molecule has 1 saturated heterocycles. The number of rotatable bonds is 8. The van der Waals surface area contributed by atoms with E-state index in [1.54, 1.807) is 0 Å². The Kier molecular flexibility index (Phi) is 8.29. The van der Waals surface area contributed by atoms with Crippen molar-refractivity contribution in [3.63, 3.8) is 0 Å². The molecule has 0 saturated carbocycles. The molecule has 2 aromatic rings. The first-order valence-electron chi connectivity index (χ1n) is 11.0. The van der Waals surface area contributed by atoms with Crippen molar-refractivity contribution in [3.05, 3.63) is 65.7 Å². The molecule has 0 unspecified atom stereocenters. The maximum absolute atomic E-state index is 12.8. The molecule has 0 radical (unpaired) electrons. The molecule has 0 aliphatic carbocycles. The van der Waals surface area contributed by atoms with Crippen LogP contribution < -0.4 is 20.3 Å². The molecule has 3 N–H and O–H groups in total. The molecular weight excluding hydrogens is 392 g/mol. The fourth-order valence-corrected chi connectivity index (χ4v) is 3.55. The number of piperazine rings is 1. The molecule has 7 nitrogen and oxygen atoms in total. The number of amides is 3. The zero-order valence-electron chi connectivity index (χ0n) is 18.4. The molecule has 3 amide bonds. The van der Waals surface area contributed by atoms with Crippen molar-refractivity contribution in [3.8, 4) is 5.75 Å². The van der Waals surface area contributed by atoms with E-state index in [-0.39, 0.29) is 18.0 Å². The van der Waals surface area contributed by atoms with Crippen molar-refractivity contribution >= 4 is 11.9 Å². The summed E-state index contributed by atoms with van der Waals surface area (Å²) in [4.78, 5) is 27.9. The number of nitrogens with one attached hydrogen (secondary N) is 3. The molecular formula is C24H33N4O3+. The number of carbonyl (C=O) groups excluding carboxylic acids is 2. The van der Waals surface area contributed by atoms with Crippen LogP contribution in [0.15, 0.2) is 54.6 Å². The number of hydrogen-bond acceptors (Lipinski definition) is 3. The van der Waals surface area contributed by atoms with Crippen molar-refractivity contribution in [1.82, 2.24) is 15.5 Å². The minimum atomic E-state index is -0.190. The van der Waals surface area contributed by atoms with Gasteiger partial charge in [0.25, 0.3) is 5.91 Å². The quantitative estimate of drug-likeness (QED) is 0.597. The van der Waals surface area contributed by atoms with Gasteiger partial charge in [0.15, 0.2) is 0 Å². The first kappa shape index (κ1) is 22.6. The van der Waals surface area contributed by atoms with Crippen LogP contribution in [0.4, 0.5) is 4.79 Å². The zero-order chi connectivity index (χ0) is 22.1. The summed E-state index contributed by atoms with van der Waals surface area (Å²) in [5.74, 6) is 0.964. The Morgan fingerprint density at radius 3 is 2.35 bits per heavy atom. The van der Waals surface area contributed by atoms with Gasteiger partial charge in [-0.25, -0.2) is 4.79 Å². The molecule has 0 atom stereocenters. The van der Waals surface area contributed by atoms with Gasteiger partial charge in [0.1, 0.15) is 18.9 Å². The minimum absolute atomic E-state index is 0.0663. The van der Waals surface area contributed by atoms with Crippen LogP contribution in [0.3, 0.4) is 0 Å². The smallest absolute Gasteiger partial charge is 0.315 e. The van der Waals surface area contributed by atoms with Gasteiger partial charge in [-0.3, -0.25) is 4.79 Å². The SMILES string of the molecule is CC(C)NC(=O)NCc1ccc(C(=O)N2CC[NH+](CCOc3ccccc3)CC2)cc1. The second-order valence-electron chi connectivity index (χ2n) is 8.13. The van der Waals surface area contributed by atoms with Gasteiger partial charge in [-0.15, -0.1) is 0 Å². The van der Waals surface area contributed by atoms with E-state index in [0.717, 1.165) is 44.0 Å². The van der Waals surface area contributed by atoms with Gasteiger partial charge in [0, 0.05) is 18.2 Å². The van der Waals surface area contributed by atoms with Crippen molar-refractivity contribution in [2.45, 2.75) is 26.4 Å². The molecule has 1 heterocycles. The van der Waals surface area contributed by atoms with Crippen molar-refractivity contribution < 1.29 is 19.2 Å². The maximum Gasteiger partial charge on any atom is 0.315 e. The summed E-state index contributed by atoms with van der Waals surface area (Å²) < 4.78 is 5.79. The Hall–Kier alpha value is -3.06. The summed E-state index contributed by atoms with van der Waals surface area (Å²) in [5, 5.41) is 5.61. The van der Waals surface area contributed by atoms with Gasteiger partial charge >= 0.3 is 6.03 Å². The standard InChI is InChI=1S/C24H32N4O3/c1-19(2)26-24(30)25-18-20-8-10-21(11-9-20)23(29)28-14-12-27(13-15-28)16-17-31-22-6-4-3-5-7-22/h3-11,19H,12-18H2,1-2H3,(H2,25,26,30)/p+1. The predicted molar refractivity (Wildman–Crippen MR) is 120 cm³/mol. The van der Waals surface area contributed by atoms with Crippen molar-refractivity contribution in [1.29, 1.82) is 0 Å². The number of para-hydroxylation sites is 1. The van der Waals surface area contributed by atoms with E-state index in [9.17, 15) is 9.59 Å². The van der Waals surface area contributed by atoms with E-state index >= 15 is 0 Å². The highest BCUT2D eigenvalue weighted by Gasteiger charge is 2.24. The molecule has 1 aliphatic rings. The summed E-state index contributed by atoms with van der Waals surface area (Å²) in [6.07, 6.45) is 0. The Labute approximate surface area is 184 Å². The number of ether oxygens (including phenoxy) is 1. The fraction of sp³-hybridized carbons (Fsp3) is 0.417. The minimum Gasteiger partial charge on any atom is -0.488 e. The van der Waals surface area contributed by atoms with Crippen LogP contribution in [-0.2, 0) is 6.54 Å². The van der Waals surface area contributed by atoms with Crippen LogP contribution in [0.2, 0.25) is 0 Å². The predicted octanol–water partition coefficient (Wildman–Crippen LogP) is 1.31. The Balaban J connectivity index is 1.39. The van der Waals surface area contributed by atoms with Crippen LogP contribution in [0.25, 0.3) is 0 Å². The number of nitrogens with zero attached hydrogens (tertiary/aromatic N) is 1. The third kappa shape index (κ3) is 7.29. The second kappa shape index (κ2) is 11.4. The van der Waals surface area contributed by atoms with Gasteiger partial charge in [0.2, 0.25) is 0 Å². The third-order valence-electron chi connectivity index (χ3n) is 5.30. The van der Waals surface area contributed by atoms with Gasteiger partial charge in [-0.05, 0) is 43.7 Å². The average molecular weight is 426 g/mol. The Morgan fingerprint density at radius 1 is 1.03 bits per heavy atom. The first-order chi connectivity index (χ1) is 15.0. The van der Waals surface area contributed by atoms with E-state index in [2.05, 4.69) is 10.6 Å². The molecule has 0 bridgehead atoms. The highest BCUT2D eigenvalue weighted by atomic mass is 16.5. The molecule has 1 fully saturated rings. The summed E-state index contributed by atoms with van der Waals surface area (Å²) in [7, 11) is 0. The summed E-state index contributed by atoms with van der Waals surface area (Å²) in [6, 6.07) is 17.2. The van der Waals surface area contributed by atoms with E-state index in [4.69, 9.17) is 4.74 Å². The fourth-order valence-electron chi connectivity index (χ4n) is 3.55. The first-order valence-corrected chi connectivity index (χ1v) is 11.0. The van der Waals surface area contributed by atoms with Crippen molar-refractivity contribution in [2.75, 3.05) is 39.3 Å². The zero-order valence-corrected chi connectivity index (χ0v) is 18.4. The van der Waals surface area contributed by atoms with Crippen LogP contribution in [-0.4, -0.2) is 62.2 Å². The second-order valence-corrected chi connectivity index (χ2v) is 8.13. The topological polar surface area (TPSA) is 75.1 Å². The van der Waals surface area contributed by atoms with E-state index in [1.807, 2.05) is 73.3 Å². The molecule has 3 rings (SSSR count). The number of benzene rings is 2. The van der Waals surface area contributed by atoms with E-state index in [1.165, 1.54) is 4.90 Å². The highest BCUT2D eigenvalue weighted by Crippen LogP contribution is 2.09. The van der Waals surface area contributed by atoms with Gasteiger partial charge in [-0.1, -0.05) is 30.3 Å². The normalized spacial score (nSPS) is 14.4. The summed E-state index contributed by atoms with van der Waals surface area (Å²) >= 11 is 0. The molecule has 1 aliphatic heterocycles. The molecule has 7 heteroatoms. The van der Waals surface area contributed by atoms with Crippen molar-refractivity contribution in [2.24, 2.45) is 0 Å². The number of carbonyl (C=O) groups is 2. The average Bonchev–Trinajstić information content (AvgIpc) is 2.78. The number of quaternary nitrogens is 1. The lowest BCUT2D eigenvalue weighted by Crippen LogP contribution is -3.15. The van der Waals surface area contributed by atoms with Gasteiger partial charge < -0.3 is 25.2 Å².